The smallest absolute Gasteiger partial charge is 0.141 e. The Kier molecular flexibility index (Phi) is 4.26. The van der Waals surface area contributed by atoms with Crippen LogP contribution in [-0.2, 0) is 11.2 Å². The number of aromatic nitrogens is 1. The quantitative estimate of drug-likeness (QED) is 0.792. The first-order valence-corrected chi connectivity index (χ1v) is 6.49. The first-order chi connectivity index (χ1) is 8.33. The number of nitrogens with zero attached hydrogens (tertiary/aromatic N) is 1. The first-order valence-electron chi connectivity index (χ1n) is 6.49. The molecule has 17 heavy (non-hydrogen) atoms. The second kappa shape index (κ2) is 5.92. The van der Waals surface area contributed by atoms with Gasteiger partial charge in [-0.05, 0) is 50.3 Å². The highest BCUT2D eigenvalue weighted by Crippen LogP contribution is 2.31. The number of carbonyl (C=O) groups excluding carboxylic acids is 1. The summed E-state index contributed by atoms with van der Waals surface area (Å²) in [6, 6.07) is 4.06. The molecule has 1 aliphatic carbocycles. The molecular formula is C14H20N2O. The number of unbranched alkanes of at least 4 members (excludes halogenated alkanes) is 1. The van der Waals surface area contributed by atoms with Crippen LogP contribution in [-0.4, -0.2) is 17.3 Å². The van der Waals surface area contributed by atoms with Crippen molar-refractivity contribution in [3.8, 4) is 0 Å². The zero-order valence-corrected chi connectivity index (χ0v) is 10.2. The maximum atomic E-state index is 12.2. The molecule has 3 heteroatoms. The Morgan fingerprint density at radius 2 is 2.35 bits per heavy atom. The fraction of sp³-hybridized carbons (Fsp3) is 0.571. The molecule has 0 spiro atoms. The summed E-state index contributed by atoms with van der Waals surface area (Å²) in [6.45, 7) is 0.673. The zero-order chi connectivity index (χ0) is 12.1. The van der Waals surface area contributed by atoms with Crippen molar-refractivity contribution in [2.75, 3.05) is 6.54 Å². The average Bonchev–Trinajstić information content (AvgIpc) is 2.38. The molecule has 0 amide bonds. The Morgan fingerprint density at radius 3 is 3.18 bits per heavy atom. The first kappa shape index (κ1) is 12.2. The Hall–Kier alpha value is -1.22. The van der Waals surface area contributed by atoms with E-state index in [0.717, 1.165) is 37.8 Å². The summed E-state index contributed by atoms with van der Waals surface area (Å²) in [7, 11) is 0. The molecule has 0 fully saturated rings. The molecule has 92 valence electrons. The van der Waals surface area contributed by atoms with Gasteiger partial charge in [0, 0.05) is 12.6 Å². The van der Waals surface area contributed by atoms with E-state index in [1.807, 2.05) is 6.07 Å². The third kappa shape index (κ3) is 2.91. The lowest BCUT2D eigenvalue weighted by molar-refractivity contribution is -0.121. The lowest BCUT2D eigenvalue weighted by Crippen LogP contribution is -2.20. The van der Waals surface area contributed by atoms with Gasteiger partial charge >= 0.3 is 0 Å². The largest absolute Gasteiger partial charge is 0.330 e. The van der Waals surface area contributed by atoms with Gasteiger partial charge in [0.1, 0.15) is 5.78 Å². The molecule has 0 radical (unpaired) electrons. The topological polar surface area (TPSA) is 56.0 Å². The monoisotopic (exact) mass is 232 g/mol. The summed E-state index contributed by atoms with van der Waals surface area (Å²) >= 11 is 0. The molecule has 0 bridgehead atoms. The van der Waals surface area contributed by atoms with Gasteiger partial charge in [0.05, 0.1) is 11.6 Å². The van der Waals surface area contributed by atoms with Crippen LogP contribution in [0.2, 0.25) is 0 Å². The van der Waals surface area contributed by atoms with Gasteiger partial charge in [-0.3, -0.25) is 9.78 Å². The molecule has 0 saturated carbocycles. The zero-order valence-electron chi connectivity index (χ0n) is 10.2. The van der Waals surface area contributed by atoms with Crippen molar-refractivity contribution in [2.45, 2.75) is 44.4 Å². The summed E-state index contributed by atoms with van der Waals surface area (Å²) in [6.07, 6.45) is 7.43. The number of hydrogen-bond donors (Lipinski definition) is 1. The average molecular weight is 232 g/mol. The van der Waals surface area contributed by atoms with Crippen LogP contribution in [0.25, 0.3) is 0 Å². The van der Waals surface area contributed by atoms with Crippen molar-refractivity contribution in [1.82, 2.24) is 4.98 Å². The molecule has 0 saturated heterocycles. The van der Waals surface area contributed by atoms with Crippen LogP contribution in [0.3, 0.4) is 0 Å². The van der Waals surface area contributed by atoms with E-state index in [9.17, 15) is 4.79 Å². The normalized spacial score (nSPS) is 18.8. The highest BCUT2D eigenvalue weighted by atomic mass is 16.1. The highest BCUT2D eigenvalue weighted by Gasteiger charge is 2.26. The number of nitrogens with two attached hydrogens (primary N) is 1. The molecule has 1 heterocycles. The maximum absolute atomic E-state index is 12.2. The fourth-order valence-electron chi connectivity index (χ4n) is 2.54. The summed E-state index contributed by atoms with van der Waals surface area (Å²) in [5, 5.41) is 0. The Balaban J connectivity index is 2.05. The van der Waals surface area contributed by atoms with Gasteiger partial charge in [0.2, 0.25) is 0 Å². The molecule has 1 aromatic rings. The summed E-state index contributed by atoms with van der Waals surface area (Å²) in [5.74, 6) is 0.385. The molecule has 3 nitrogen and oxygen atoms in total. The molecule has 2 rings (SSSR count). The van der Waals surface area contributed by atoms with Gasteiger partial charge < -0.3 is 5.73 Å². The van der Waals surface area contributed by atoms with Crippen LogP contribution >= 0.6 is 0 Å². The summed E-state index contributed by atoms with van der Waals surface area (Å²) in [5.41, 5.74) is 7.73. The summed E-state index contributed by atoms with van der Waals surface area (Å²) in [4.78, 5) is 16.6. The molecule has 0 aromatic carbocycles. The van der Waals surface area contributed by atoms with Crippen molar-refractivity contribution >= 4 is 5.78 Å². The number of rotatable bonds is 5. The predicted octanol–water partition coefficient (Wildman–Crippen LogP) is 2.20. The van der Waals surface area contributed by atoms with Crippen LogP contribution < -0.4 is 5.73 Å². The van der Waals surface area contributed by atoms with E-state index in [1.54, 1.807) is 6.20 Å². The lowest BCUT2D eigenvalue weighted by atomic mass is 9.83. The lowest BCUT2D eigenvalue weighted by Gasteiger charge is -2.23. The maximum Gasteiger partial charge on any atom is 0.141 e. The third-order valence-electron chi connectivity index (χ3n) is 3.46. The van der Waals surface area contributed by atoms with Crippen LogP contribution in [0.5, 0.6) is 0 Å². The van der Waals surface area contributed by atoms with Gasteiger partial charge in [-0.15, -0.1) is 0 Å². The fourth-order valence-corrected chi connectivity index (χ4v) is 2.54. The Bertz CT molecular complexity index is 390. The number of fused-ring (bicyclic) bond motifs is 1. The van der Waals surface area contributed by atoms with Gasteiger partial charge in [-0.25, -0.2) is 0 Å². The molecular weight excluding hydrogens is 212 g/mol. The molecule has 2 N–H and O–H groups in total. The third-order valence-corrected chi connectivity index (χ3v) is 3.46. The van der Waals surface area contributed by atoms with E-state index in [0.29, 0.717) is 18.7 Å². The standard InChI is InChI=1S/C14H20N2O/c15-9-2-1-8-13(17)12-7-3-5-11-6-4-10-16-14(11)12/h4,6,10,12H,1-3,5,7-9,15H2. The van der Waals surface area contributed by atoms with Gasteiger partial charge in [0.25, 0.3) is 0 Å². The Labute approximate surface area is 102 Å². The van der Waals surface area contributed by atoms with E-state index in [4.69, 9.17) is 5.73 Å². The summed E-state index contributed by atoms with van der Waals surface area (Å²) < 4.78 is 0. The van der Waals surface area contributed by atoms with Crippen molar-refractivity contribution in [2.24, 2.45) is 5.73 Å². The van der Waals surface area contributed by atoms with Gasteiger partial charge in [-0.2, -0.15) is 0 Å². The number of Topliss-reactive ketones (excluding diaryl/α,β-unsaturated/α-hetero) is 1. The van der Waals surface area contributed by atoms with E-state index in [-0.39, 0.29) is 5.92 Å². The molecule has 1 aromatic heterocycles. The molecule has 1 atom stereocenters. The second-order valence-corrected chi connectivity index (χ2v) is 4.70. The van der Waals surface area contributed by atoms with Crippen LogP contribution in [0.1, 0.15) is 49.3 Å². The molecule has 0 aliphatic heterocycles. The van der Waals surface area contributed by atoms with E-state index in [2.05, 4.69) is 11.1 Å². The number of hydrogen-bond acceptors (Lipinski definition) is 3. The van der Waals surface area contributed by atoms with Crippen LogP contribution in [0, 0.1) is 0 Å². The van der Waals surface area contributed by atoms with E-state index >= 15 is 0 Å². The predicted molar refractivity (Wildman–Crippen MR) is 67.8 cm³/mol. The van der Waals surface area contributed by atoms with E-state index < -0.39 is 0 Å². The number of carbonyl (C=O) groups is 1. The molecule has 1 unspecified atom stereocenters. The van der Waals surface area contributed by atoms with Gasteiger partial charge in [0.15, 0.2) is 0 Å². The minimum Gasteiger partial charge on any atom is -0.330 e. The second-order valence-electron chi connectivity index (χ2n) is 4.70. The van der Waals surface area contributed by atoms with Crippen molar-refractivity contribution in [1.29, 1.82) is 0 Å². The number of pyridine rings is 1. The van der Waals surface area contributed by atoms with Crippen LogP contribution in [0.15, 0.2) is 18.3 Å². The minimum absolute atomic E-state index is 0.0396. The number of aryl methyl sites for hydroxylation is 1. The number of ketones is 1. The highest BCUT2D eigenvalue weighted by molar-refractivity contribution is 5.85. The van der Waals surface area contributed by atoms with Crippen molar-refractivity contribution in [3.05, 3.63) is 29.6 Å². The SMILES string of the molecule is NCCCCC(=O)C1CCCc2cccnc21. The molecule has 1 aliphatic rings. The van der Waals surface area contributed by atoms with Crippen molar-refractivity contribution in [3.63, 3.8) is 0 Å². The van der Waals surface area contributed by atoms with Crippen molar-refractivity contribution < 1.29 is 4.79 Å². The van der Waals surface area contributed by atoms with E-state index in [1.165, 1.54) is 5.56 Å². The van der Waals surface area contributed by atoms with Crippen LogP contribution in [0.4, 0.5) is 0 Å². The Morgan fingerprint density at radius 1 is 1.47 bits per heavy atom. The van der Waals surface area contributed by atoms with Gasteiger partial charge in [-0.1, -0.05) is 6.07 Å². The minimum atomic E-state index is 0.0396.